The number of carbonyl (C=O) groups excluding carboxylic acids is 1. The number of carbonyl (C=O) groups is 1. The fourth-order valence-electron chi connectivity index (χ4n) is 5.27. The minimum atomic E-state index is 0.282. The molecule has 6 nitrogen and oxygen atoms in total. The highest BCUT2D eigenvalue weighted by Crippen LogP contribution is 2.35. The van der Waals surface area contributed by atoms with Crippen molar-refractivity contribution in [2.24, 2.45) is 11.8 Å². The molecule has 6 rings (SSSR count). The molecular formula is C30H31N3O3. The predicted molar refractivity (Wildman–Crippen MR) is 141 cm³/mol. The maximum Gasteiger partial charge on any atom is 0.225 e. The second-order valence-corrected chi connectivity index (χ2v) is 9.92. The Labute approximate surface area is 211 Å². The Morgan fingerprint density at radius 2 is 1.50 bits per heavy atom. The quantitative estimate of drug-likeness (QED) is 0.343. The van der Waals surface area contributed by atoms with Gasteiger partial charge in [0, 0.05) is 37.2 Å². The van der Waals surface area contributed by atoms with Crippen molar-refractivity contribution >= 4 is 16.9 Å². The largest absolute Gasteiger partial charge is 0.497 e. The predicted octanol–water partition coefficient (Wildman–Crippen LogP) is 5.65. The molecule has 1 saturated heterocycles. The first kappa shape index (κ1) is 22.7. The van der Waals surface area contributed by atoms with E-state index < -0.39 is 0 Å². The van der Waals surface area contributed by atoms with E-state index >= 15 is 0 Å². The molecule has 184 valence electrons. The van der Waals surface area contributed by atoms with Crippen molar-refractivity contribution < 1.29 is 14.3 Å². The summed E-state index contributed by atoms with van der Waals surface area (Å²) in [7, 11) is 3.36. The van der Waals surface area contributed by atoms with E-state index in [1.165, 1.54) is 0 Å². The molecular weight excluding hydrogens is 450 g/mol. The third-order valence-electron chi connectivity index (χ3n) is 7.49. The van der Waals surface area contributed by atoms with Gasteiger partial charge in [-0.05, 0) is 60.6 Å². The molecule has 36 heavy (non-hydrogen) atoms. The van der Waals surface area contributed by atoms with Gasteiger partial charge in [-0.25, -0.2) is 4.98 Å². The van der Waals surface area contributed by atoms with Crippen LogP contribution in [0.25, 0.3) is 33.5 Å². The molecule has 1 saturated carbocycles. The smallest absolute Gasteiger partial charge is 0.225 e. The molecule has 1 aliphatic heterocycles. The van der Waals surface area contributed by atoms with E-state index in [2.05, 4.69) is 51.9 Å². The van der Waals surface area contributed by atoms with E-state index in [1.54, 1.807) is 14.2 Å². The van der Waals surface area contributed by atoms with Crippen molar-refractivity contribution in [2.45, 2.75) is 25.8 Å². The molecule has 0 bridgehead atoms. The molecule has 0 N–H and O–H groups in total. The molecule has 0 unspecified atom stereocenters. The lowest BCUT2D eigenvalue weighted by Gasteiger charge is -2.18. The standard InChI is InChI=1S/C30H31N3O3/c1-35-25-11-9-22(10-12-25)21-3-5-23(6-4-21)29-31-27-17-26(36-2)13-14-28(27)33(29)19-20-15-16-32(18-20)30(34)24-7-8-24/h3-6,9-14,17,20,24H,7-8,15-16,18-19H2,1-2H3/t20-/m1/s1. The monoisotopic (exact) mass is 481 g/mol. The van der Waals surface area contributed by atoms with Crippen LogP contribution in [0.5, 0.6) is 11.5 Å². The molecule has 1 aromatic heterocycles. The van der Waals surface area contributed by atoms with Crippen LogP contribution in [0.15, 0.2) is 66.7 Å². The van der Waals surface area contributed by atoms with E-state index in [0.717, 1.165) is 83.9 Å². The van der Waals surface area contributed by atoms with Gasteiger partial charge in [0.25, 0.3) is 0 Å². The van der Waals surface area contributed by atoms with Crippen molar-refractivity contribution in [3.8, 4) is 34.0 Å². The van der Waals surface area contributed by atoms with Gasteiger partial charge in [-0.2, -0.15) is 0 Å². The lowest BCUT2D eigenvalue weighted by molar-refractivity contribution is -0.131. The molecule has 2 aliphatic rings. The summed E-state index contributed by atoms with van der Waals surface area (Å²) in [5.74, 6) is 3.66. The van der Waals surface area contributed by atoms with Crippen molar-refractivity contribution in [1.29, 1.82) is 0 Å². The highest BCUT2D eigenvalue weighted by Gasteiger charge is 2.36. The Morgan fingerprint density at radius 1 is 0.861 bits per heavy atom. The molecule has 2 heterocycles. The van der Waals surface area contributed by atoms with E-state index in [4.69, 9.17) is 14.5 Å². The van der Waals surface area contributed by atoms with Gasteiger partial charge in [0.05, 0.1) is 25.3 Å². The number of hydrogen-bond acceptors (Lipinski definition) is 4. The second-order valence-electron chi connectivity index (χ2n) is 9.92. The van der Waals surface area contributed by atoms with Crippen molar-refractivity contribution in [2.75, 3.05) is 27.3 Å². The Morgan fingerprint density at radius 3 is 2.17 bits per heavy atom. The number of ether oxygens (including phenoxy) is 2. The van der Waals surface area contributed by atoms with Crippen LogP contribution in [-0.2, 0) is 11.3 Å². The normalized spacial score (nSPS) is 17.5. The van der Waals surface area contributed by atoms with Gasteiger partial charge >= 0.3 is 0 Å². The zero-order valence-electron chi connectivity index (χ0n) is 20.8. The van der Waals surface area contributed by atoms with Crippen LogP contribution in [0, 0.1) is 11.8 Å². The van der Waals surface area contributed by atoms with Crippen molar-refractivity contribution in [3.63, 3.8) is 0 Å². The molecule has 0 radical (unpaired) electrons. The van der Waals surface area contributed by atoms with Crippen molar-refractivity contribution in [1.82, 2.24) is 14.5 Å². The summed E-state index contributed by atoms with van der Waals surface area (Å²) in [6.45, 7) is 2.54. The zero-order valence-corrected chi connectivity index (χ0v) is 20.8. The Kier molecular flexibility index (Phi) is 5.88. The third-order valence-corrected chi connectivity index (χ3v) is 7.49. The van der Waals surface area contributed by atoms with E-state index in [1.807, 2.05) is 24.3 Å². The number of fused-ring (bicyclic) bond motifs is 1. The van der Waals surface area contributed by atoms with E-state index in [9.17, 15) is 4.79 Å². The second kappa shape index (κ2) is 9.34. The summed E-state index contributed by atoms with van der Waals surface area (Å²) in [5.41, 5.74) is 5.39. The lowest BCUT2D eigenvalue weighted by Crippen LogP contribution is -2.30. The van der Waals surface area contributed by atoms with Gasteiger partial charge in [0.2, 0.25) is 5.91 Å². The first-order valence-corrected chi connectivity index (χ1v) is 12.7. The first-order chi connectivity index (χ1) is 17.6. The molecule has 0 spiro atoms. The topological polar surface area (TPSA) is 56.6 Å². The number of likely N-dealkylation sites (tertiary alicyclic amines) is 1. The Hall–Kier alpha value is -3.80. The summed E-state index contributed by atoms with van der Waals surface area (Å²) >= 11 is 0. The van der Waals surface area contributed by atoms with Gasteiger partial charge < -0.3 is 18.9 Å². The van der Waals surface area contributed by atoms with Crippen LogP contribution in [0.4, 0.5) is 0 Å². The summed E-state index contributed by atoms with van der Waals surface area (Å²) < 4.78 is 13.1. The van der Waals surface area contributed by atoms with Crippen LogP contribution in [0.2, 0.25) is 0 Å². The molecule has 2 fully saturated rings. The van der Waals surface area contributed by atoms with Gasteiger partial charge in [-0.1, -0.05) is 36.4 Å². The number of methoxy groups -OCH3 is 2. The summed E-state index contributed by atoms with van der Waals surface area (Å²) in [6.07, 6.45) is 3.15. The highest BCUT2D eigenvalue weighted by atomic mass is 16.5. The maximum atomic E-state index is 12.6. The number of benzene rings is 3. The summed E-state index contributed by atoms with van der Waals surface area (Å²) in [4.78, 5) is 19.7. The molecule has 4 aromatic rings. The van der Waals surface area contributed by atoms with Crippen LogP contribution >= 0.6 is 0 Å². The van der Waals surface area contributed by atoms with Crippen LogP contribution in [0.1, 0.15) is 19.3 Å². The minimum Gasteiger partial charge on any atom is -0.497 e. The summed E-state index contributed by atoms with van der Waals surface area (Å²) in [5, 5.41) is 0. The van der Waals surface area contributed by atoms with Gasteiger partial charge in [-0.15, -0.1) is 0 Å². The number of amides is 1. The van der Waals surface area contributed by atoms with Crippen LogP contribution in [0.3, 0.4) is 0 Å². The average Bonchev–Trinajstić information content (AvgIpc) is 3.58. The molecule has 1 atom stereocenters. The van der Waals surface area contributed by atoms with Gasteiger partial charge in [-0.3, -0.25) is 4.79 Å². The van der Waals surface area contributed by atoms with Crippen LogP contribution < -0.4 is 9.47 Å². The molecule has 6 heteroatoms. The Bertz CT molecular complexity index is 1390. The summed E-state index contributed by atoms with van der Waals surface area (Å²) in [6, 6.07) is 22.8. The highest BCUT2D eigenvalue weighted by molar-refractivity contribution is 5.83. The molecule has 1 aliphatic carbocycles. The lowest BCUT2D eigenvalue weighted by atomic mass is 10.0. The number of hydrogen-bond donors (Lipinski definition) is 0. The average molecular weight is 482 g/mol. The Balaban J connectivity index is 1.31. The van der Waals surface area contributed by atoms with Gasteiger partial charge in [0.15, 0.2) is 0 Å². The zero-order chi connectivity index (χ0) is 24.6. The molecule has 1 amide bonds. The SMILES string of the molecule is COc1ccc(-c2ccc(-c3nc4cc(OC)ccc4n3C[C@@H]3CCN(C(=O)C4CC4)C3)cc2)cc1. The number of imidazole rings is 1. The van der Waals surface area contributed by atoms with Crippen LogP contribution in [-0.4, -0.2) is 47.7 Å². The maximum absolute atomic E-state index is 12.6. The van der Waals surface area contributed by atoms with E-state index in [-0.39, 0.29) is 5.92 Å². The number of rotatable bonds is 7. The van der Waals surface area contributed by atoms with Crippen molar-refractivity contribution in [3.05, 3.63) is 66.7 Å². The first-order valence-electron chi connectivity index (χ1n) is 12.7. The minimum absolute atomic E-state index is 0.282. The fourth-order valence-corrected chi connectivity index (χ4v) is 5.27. The molecule has 3 aromatic carbocycles. The fraction of sp³-hybridized carbons (Fsp3) is 0.333. The number of aromatic nitrogens is 2. The van der Waals surface area contributed by atoms with E-state index in [0.29, 0.717) is 11.8 Å². The number of nitrogens with zero attached hydrogens (tertiary/aromatic N) is 3. The van der Waals surface area contributed by atoms with Gasteiger partial charge in [0.1, 0.15) is 17.3 Å². The third kappa shape index (κ3) is 4.32.